The van der Waals surface area contributed by atoms with Gasteiger partial charge in [0.25, 0.3) is 10.0 Å². The second kappa shape index (κ2) is 7.18. The highest BCUT2D eigenvalue weighted by atomic mass is 32.2. The summed E-state index contributed by atoms with van der Waals surface area (Å²) in [5, 5.41) is 8.69. The Hall–Kier alpha value is -2.85. The molecule has 2 aromatic carbocycles. The average Bonchev–Trinajstić information content (AvgIpc) is 2.67. The van der Waals surface area contributed by atoms with Gasteiger partial charge in [0.2, 0.25) is 0 Å². The number of hydrogen-bond donors (Lipinski definition) is 0. The van der Waals surface area contributed by atoms with E-state index in [1.165, 1.54) is 35.5 Å². The lowest BCUT2D eigenvalue weighted by Gasteiger charge is -2.30. The zero-order valence-corrected chi connectivity index (χ0v) is 15.1. The van der Waals surface area contributed by atoms with Gasteiger partial charge in [-0.3, -0.25) is 4.31 Å². The molecule has 0 aliphatic carbocycles. The molecule has 3 rings (SSSR count). The number of benzene rings is 2. The molecule has 7 heteroatoms. The van der Waals surface area contributed by atoms with E-state index < -0.39 is 22.1 Å². The van der Waals surface area contributed by atoms with Gasteiger partial charge in [-0.05, 0) is 55.7 Å². The van der Waals surface area contributed by atoms with E-state index in [2.05, 4.69) is 0 Å². The molecule has 0 amide bonds. The van der Waals surface area contributed by atoms with Gasteiger partial charge in [-0.2, -0.15) is 5.26 Å². The Labute approximate surface area is 152 Å². The van der Waals surface area contributed by atoms with Crippen LogP contribution in [0.25, 0.3) is 0 Å². The molecule has 2 aromatic rings. The van der Waals surface area contributed by atoms with Gasteiger partial charge in [-0.25, -0.2) is 13.2 Å². The quantitative estimate of drug-likeness (QED) is 0.772. The smallest absolute Gasteiger partial charge is 0.339 e. The maximum Gasteiger partial charge on any atom is 0.339 e. The maximum absolute atomic E-state index is 13.0. The largest absolute Gasteiger partial charge is 0.444 e. The van der Waals surface area contributed by atoms with E-state index in [1.807, 2.05) is 24.3 Å². The van der Waals surface area contributed by atoms with Crippen molar-refractivity contribution in [1.29, 1.82) is 5.26 Å². The number of rotatable bonds is 4. The second-order valence-corrected chi connectivity index (χ2v) is 7.87. The van der Waals surface area contributed by atoms with Crippen molar-refractivity contribution in [3.8, 4) is 6.07 Å². The van der Waals surface area contributed by atoms with Crippen molar-refractivity contribution in [3.63, 3.8) is 0 Å². The Morgan fingerprint density at radius 2 is 1.88 bits per heavy atom. The zero-order chi connectivity index (χ0) is 18.7. The van der Waals surface area contributed by atoms with Gasteiger partial charge in [0.15, 0.2) is 6.10 Å². The third-order valence-corrected chi connectivity index (χ3v) is 6.04. The summed E-state index contributed by atoms with van der Waals surface area (Å²) in [5.74, 6) is -0.661. The molecule has 0 radical (unpaired) electrons. The van der Waals surface area contributed by atoms with Crippen LogP contribution in [0.15, 0.2) is 53.4 Å². The van der Waals surface area contributed by atoms with Gasteiger partial charge in [0.1, 0.15) is 6.07 Å². The molecule has 1 aliphatic rings. The van der Waals surface area contributed by atoms with Crippen molar-refractivity contribution in [2.24, 2.45) is 0 Å². The van der Waals surface area contributed by atoms with Crippen LogP contribution in [0.2, 0.25) is 0 Å². The summed E-state index contributed by atoms with van der Waals surface area (Å²) in [6.07, 6.45) is 0.743. The number of carbonyl (C=O) groups is 1. The highest BCUT2D eigenvalue weighted by Crippen LogP contribution is 2.31. The molecule has 134 valence electrons. The van der Waals surface area contributed by atoms with Crippen molar-refractivity contribution in [2.75, 3.05) is 10.8 Å². The fourth-order valence-corrected chi connectivity index (χ4v) is 4.43. The first-order valence-corrected chi connectivity index (χ1v) is 9.69. The highest BCUT2D eigenvalue weighted by Gasteiger charge is 2.29. The van der Waals surface area contributed by atoms with Crippen LogP contribution < -0.4 is 4.31 Å². The number of ether oxygens (including phenoxy) is 1. The van der Waals surface area contributed by atoms with Crippen molar-refractivity contribution >= 4 is 21.7 Å². The summed E-state index contributed by atoms with van der Waals surface area (Å²) in [6, 6.07) is 14.8. The Bertz CT molecular complexity index is 962. The zero-order valence-electron chi connectivity index (χ0n) is 14.3. The van der Waals surface area contributed by atoms with Crippen LogP contribution in [0.1, 0.15) is 29.3 Å². The summed E-state index contributed by atoms with van der Waals surface area (Å²) in [7, 11) is -3.72. The number of sulfonamides is 1. The maximum atomic E-state index is 13.0. The number of carbonyl (C=O) groups excluding carboxylic acids is 1. The van der Waals surface area contributed by atoms with Crippen LogP contribution in [0, 0.1) is 11.3 Å². The molecular formula is C19H18N2O4S. The molecule has 0 fully saturated rings. The lowest BCUT2D eigenvalue weighted by atomic mass is 10.0. The third-order valence-electron chi connectivity index (χ3n) is 4.21. The van der Waals surface area contributed by atoms with Crippen molar-refractivity contribution < 1.29 is 17.9 Å². The number of hydrogen-bond acceptors (Lipinski definition) is 5. The van der Waals surface area contributed by atoms with Gasteiger partial charge in [-0.15, -0.1) is 0 Å². The number of fused-ring (bicyclic) bond motifs is 1. The fraction of sp³-hybridized carbons (Fsp3) is 0.263. The first-order valence-electron chi connectivity index (χ1n) is 8.25. The molecule has 0 saturated heterocycles. The van der Waals surface area contributed by atoms with Gasteiger partial charge in [0, 0.05) is 6.54 Å². The van der Waals surface area contributed by atoms with Crippen molar-refractivity contribution in [3.05, 3.63) is 59.7 Å². The van der Waals surface area contributed by atoms with Crippen LogP contribution >= 0.6 is 0 Å². The summed E-state index contributed by atoms with van der Waals surface area (Å²) in [6.45, 7) is 1.88. The minimum atomic E-state index is -3.72. The Kier molecular flexibility index (Phi) is 4.96. The number of nitrogens with zero attached hydrogens (tertiary/aromatic N) is 2. The van der Waals surface area contributed by atoms with E-state index in [9.17, 15) is 13.2 Å². The van der Waals surface area contributed by atoms with Gasteiger partial charge < -0.3 is 4.74 Å². The molecule has 0 unspecified atom stereocenters. The van der Waals surface area contributed by atoms with E-state index in [0.717, 1.165) is 18.4 Å². The number of esters is 1. The van der Waals surface area contributed by atoms with Gasteiger partial charge in [-0.1, -0.05) is 18.2 Å². The fourth-order valence-electron chi connectivity index (χ4n) is 2.89. The number of anilines is 1. The van der Waals surface area contributed by atoms with Crippen molar-refractivity contribution in [2.45, 2.75) is 30.8 Å². The molecule has 0 spiro atoms. The topological polar surface area (TPSA) is 87.5 Å². The van der Waals surface area contributed by atoms with Crippen molar-refractivity contribution in [1.82, 2.24) is 0 Å². The minimum Gasteiger partial charge on any atom is -0.444 e. The molecule has 0 bridgehead atoms. The van der Waals surface area contributed by atoms with E-state index in [4.69, 9.17) is 10.00 Å². The molecule has 0 saturated carbocycles. The molecule has 6 nitrogen and oxygen atoms in total. The standard InChI is InChI=1S/C19H18N2O4S/c1-14(13-20)25-19(22)16-8-10-17(11-9-16)26(23,24)21-12-4-6-15-5-2-3-7-18(15)21/h2-3,5,7-11,14H,4,6,12H2,1H3/t14-/m0/s1. The number of para-hydroxylation sites is 1. The SMILES string of the molecule is C[C@@H](C#N)OC(=O)c1ccc(S(=O)(=O)N2CCCc3ccccc32)cc1. The van der Waals surface area contributed by atoms with Crippen LogP contribution in [0.5, 0.6) is 0 Å². The normalized spacial score (nSPS) is 14.8. The molecule has 0 N–H and O–H groups in total. The van der Waals surface area contributed by atoms with Gasteiger partial charge in [0.05, 0.1) is 16.1 Å². The van der Waals surface area contributed by atoms with Crippen LogP contribution in [0.4, 0.5) is 5.69 Å². The van der Waals surface area contributed by atoms with E-state index >= 15 is 0 Å². The van der Waals surface area contributed by atoms with E-state index in [0.29, 0.717) is 12.2 Å². The molecular weight excluding hydrogens is 352 g/mol. The molecule has 1 atom stereocenters. The Balaban J connectivity index is 1.88. The summed E-state index contributed by atoms with van der Waals surface area (Å²) in [5.41, 5.74) is 1.91. The third kappa shape index (κ3) is 3.41. The monoisotopic (exact) mass is 370 g/mol. The lowest BCUT2D eigenvalue weighted by molar-refractivity contribution is 0.0435. The first kappa shape index (κ1) is 18.0. The first-order chi connectivity index (χ1) is 12.4. The number of nitriles is 1. The summed E-state index contributed by atoms with van der Waals surface area (Å²) in [4.78, 5) is 12.0. The van der Waals surface area contributed by atoms with Gasteiger partial charge >= 0.3 is 5.97 Å². The van der Waals surface area contributed by atoms with Crippen LogP contribution in [0.3, 0.4) is 0 Å². The summed E-state index contributed by atoms with van der Waals surface area (Å²) >= 11 is 0. The number of aryl methyl sites for hydroxylation is 1. The van der Waals surface area contributed by atoms with Crippen LogP contribution in [-0.4, -0.2) is 27.0 Å². The van der Waals surface area contributed by atoms with Crippen LogP contribution in [-0.2, 0) is 21.2 Å². The minimum absolute atomic E-state index is 0.110. The lowest BCUT2D eigenvalue weighted by Crippen LogP contribution is -2.35. The predicted molar refractivity (Wildman–Crippen MR) is 96.2 cm³/mol. The highest BCUT2D eigenvalue weighted by molar-refractivity contribution is 7.92. The molecule has 0 aromatic heterocycles. The summed E-state index contributed by atoms with van der Waals surface area (Å²) < 4.78 is 32.4. The molecule has 1 aliphatic heterocycles. The predicted octanol–water partition coefficient (Wildman–Crippen LogP) is 2.90. The Morgan fingerprint density at radius 1 is 1.19 bits per heavy atom. The molecule has 1 heterocycles. The average molecular weight is 370 g/mol. The van der Waals surface area contributed by atoms with E-state index in [1.54, 1.807) is 6.07 Å². The Morgan fingerprint density at radius 3 is 2.58 bits per heavy atom. The second-order valence-electron chi connectivity index (χ2n) is 6.01. The molecule has 26 heavy (non-hydrogen) atoms. The van der Waals surface area contributed by atoms with E-state index in [-0.39, 0.29) is 10.5 Å².